The number of anilines is 2. The quantitative estimate of drug-likeness (QED) is 0.350. The van der Waals surface area contributed by atoms with Gasteiger partial charge in [0.15, 0.2) is 11.2 Å². The Morgan fingerprint density at radius 3 is 2.71 bits per heavy atom. The number of benzene rings is 1. The molecule has 3 aromatic rings. The number of rotatable bonds is 10. The number of alkyl carbamates (subject to hydrolysis) is 1. The molecule has 2 amide bonds. The summed E-state index contributed by atoms with van der Waals surface area (Å²) in [6.45, 7) is 2.38. The maximum atomic E-state index is 13.0. The highest BCUT2D eigenvalue weighted by atomic mass is 32.2. The van der Waals surface area contributed by atoms with Gasteiger partial charge in [-0.1, -0.05) is 12.1 Å². The third kappa shape index (κ3) is 6.35. The summed E-state index contributed by atoms with van der Waals surface area (Å²) in [6, 6.07) is 6.12. The lowest BCUT2D eigenvalue weighted by Gasteiger charge is -2.16. The highest BCUT2D eigenvalue weighted by molar-refractivity contribution is 8.01. The fraction of sp³-hybridized carbons (Fsp3) is 0.318. The van der Waals surface area contributed by atoms with Crippen LogP contribution in [-0.4, -0.2) is 45.9 Å². The Labute approximate surface area is 205 Å². The molecule has 1 atom stereocenters. The normalized spacial score (nSPS) is 13.6. The van der Waals surface area contributed by atoms with E-state index in [4.69, 9.17) is 9.47 Å². The first-order chi connectivity index (χ1) is 16.6. The largest absolute Gasteiger partial charge is 0.477 e. The fourth-order valence-corrected chi connectivity index (χ4v) is 4.48. The van der Waals surface area contributed by atoms with Crippen LogP contribution in [0.4, 0.5) is 15.6 Å². The molecule has 178 valence electrons. The van der Waals surface area contributed by atoms with Gasteiger partial charge < -0.3 is 24.8 Å². The van der Waals surface area contributed by atoms with Crippen molar-refractivity contribution in [2.75, 3.05) is 23.8 Å². The van der Waals surface area contributed by atoms with E-state index in [1.807, 2.05) is 19.1 Å². The van der Waals surface area contributed by atoms with E-state index in [-0.39, 0.29) is 0 Å². The summed E-state index contributed by atoms with van der Waals surface area (Å²) in [5.74, 6) is 0.00439. The molecule has 10 nitrogen and oxygen atoms in total. The van der Waals surface area contributed by atoms with Crippen molar-refractivity contribution in [1.29, 1.82) is 0 Å². The summed E-state index contributed by atoms with van der Waals surface area (Å²) in [4.78, 5) is 37.9. The lowest BCUT2D eigenvalue weighted by atomic mass is 10.1. The van der Waals surface area contributed by atoms with Gasteiger partial charge in [-0.05, 0) is 43.8 Å². The number of methoxy groups -OCH3 is 1. The minimum atomic E-state index is -1.02. The lowest BCUT2D eigenvalue weighted by molar-refractivity contribution is -0.118. The van der Waals surface area contributed by atoms with E-state index in [0.29, 0.717) is 39.9 Å². The molecule has 4 rings (SSSR count). The molecule has 0 radical (unpaired) electrons. The molecular weight excluding hydrogens is 476 g/mol. The van der Waals surface area contributed by atoms with Crippen LogP contribution in [0.15, 0.2) is 42.0 Å². The molecular formula is C22H24N6O4S2. The molecule has 0 bridgehead atoms. The average molecular weight is 501 g/mol. The van der Waals surface area contributed by atoms with Crippen LogP contribution in [0.25, 0.3) is 11.3 Å². The van der Waals surface area contributed by atoms with E-state index in [1.54, 1.807) is 41.9 Å². The zero-order chi connectivity index (χ0) is 23.9. The predicted molar refractivity (Wildman–Crippen MR) is 132 cm³/mol. The van der Waals surface area contributed by atoms with Crippen molar-refractivity contribution in [2.24, 2.45) is 0 Å². The molecule has 1 aliphatic carbocycles. The number of thiazole rings is 1. The van der Waals surface area contributed by atoms with Gasteiger partial charge in [-0.3, -0.25) is 9.78 Å². The van der Waals surface area contributed by atoms with Crippen molar-refractivity contribution >= 4 is 46.1 Å². The molecule has 1 aliphatic rings. The number of aromatic nitrogens is 3. The van der Waals surface area contributed by atoms with E-state index in [0.717, 1.165) is 5.56 Å². The van der Waals surface area contributed by atoms with Gasteiger partial charge in [0.25, 0.3) is 5.91 Å². The lowest BCUT2D eigenvalue weighted by Crippen LogP contribution is -2.37. The van der Waals surface area contributed by atoms with Gasteiger partial charge in [0.1, 0.15) is 0 Å². The van der Waals surface area contributed by atoms with Crippen LogP contribution in [0.1, 0.15) is 31.5 Å². The Hall–Kier alpha value is -3.38. The standard InChI is InChI=1S/C22H24N6O4S2/c1-3-32-18-11-23-10-16(25-18)13-4-6-14(7-5-13)24-20(29)19(27-22(30)31-2)17-12-33-21(26-17)28-34-15-8-9-15/h4-7,10-12,15,19H,3,8-9H2,1-2H3,(H,24,29)(H,26,28)(H,27,30). The zero-order valence-corrected chi connectivity index (χ0v) is 20.2. The molecule has 1 fully saturated rings. The maximum absolute atomic E-state index is 13.0. The molecule has 2 aromatic heterocycles. The van der Waals surface area contributed by atoms with Crippen LogP contribution in [-0.2, 0) is 9.53 Å². The minimum Gasteiger partial charge on any atom is -0.477 e. The van der Waals surface area contributed by atoms with E-state index in [1.165, 1.54) is 31.3 Å². The summed E-state index contributed by atoms with van der Waals surface area (Å²) in [7, 11) is 1.24. The number of nitrogens with zero attached hydrogens (tertiary/aromatic N) is 3. The van der Waals surface area contributed by atoms with Gasteiger partial charge in [-0.15, -0.1) is 11.3 Å². The highest BCUT2D eigenvalue weighted by Crippen LogP contribution is 2.35. The van der Waals surface area contributed by atoms with Gasteiger partial charge in [-0.2, -0.15) is 0 Å². The van der Waals surface area contributed by atoms with E-state index >= 15 is 0 Å². The van der Waals surface area contributed by atoms with Crippen LogP contribution in [0, 0.1) is 0 Å². The summed E-state index contributed by atoms with van der Waals surface area (Å²) in [6.07, 6.45) is 4.85. The number of amides is 2. The van der Waals surface area contributed by atoms with Crippen molar-refractivity contribution < 1.29 is 19.1 Å². The van der Waals surface area contributed by atoms with Crippen molar-refractivity contribution in [3.05, 3.63) is 47.7 Å². The first-order valence-corrected chi connectivity index (χ1v) is 12.4. The van der Waals surface area contributed by atoms with Gasteiger partial charge in [0.05, 0.1) is 37.5 Å². The third-order valence-electron chi connectivity index (χ3n) is 4.72. The maximum Gasteiger partial charge on any atom is 0.407 e. The summed E-state index contributed by atoms with van der Waals surface area (Å²) < 4.78 is 13.3. The van der Waals surface area contributed by atoms with Gasteiger partial charge in [0, 0.05) is 21.9 Å². The molecule has 34 heavy (non-hydrogen) atoms. The average Bonchev–Trinajstić information content (AvgIpc) is 3.57. The SMILES string of the molecule is CCOc1cncc(-c2ccc(NC(=O)C(NC(=O)OC)c3csc(NSC4CC4)n3)cc2)n1. The molecule has 3 N–H and O–H groups in total. The second kappa shape index (κ2) is 11.2. The Kier molecular flexibility index (Phi) is 7.80. The molecule has 2 heterocycles. The van der Waals surface area contributed by atoms with E-state index < -0.39 is 18.0 Å². The molecule has 1 unspecified atom stereocenters. The number of hydrogen-bond donors (Lipinski definition) is 3. The Bertz CT molecular complexity index is 1140. The van der Waals surface area contributed by atoms with Crippen LogP contribution in [0.2, 0.25) is 0 Å². The Balaban J connectivity index is 1.45. The number of carbonyl (C=O) groups is 2. The third-order valence-corrected chi connectivity index (χ3v) is 6.74. The van der Waals surface area contributed by atoms with Gasteiger partial charge in [-0.25, -0.2) is 14.8 Å². The predicted octanol–water partition coefficient (Wildman–Crippen LogP) is 4.26. The van der Waals surface area contributed by atoms with Gasteiger partial charge >= 0.3 is 6.09 Å². The second-order valence-electron chi connectivity index (χ2n) is 7.31. The number of ether oxygens (including phenoxy) is 2. The van der Waals surface area contributed by atoms with Crippen molar-refractivity contribution in [3.8, 4) is 17.1 Å². The molecule has 1 saturated carbocycles. The van der Waals surface area contributed by atoms with Crippen LogP contribution < -0.4 is 20.1 Å². The van der Waals surface area contributed by atoms with Crippen molar-refractivity contribution in [3.63, 3.8) is 0 Å². The minimum absolute atomic E-state index is 0.423. The van der Waals surface area contributed by atoms with E-state index in [9.17, 15) is 9.59 Å². The molecule has 0 spiro atoms. The van der Waals surface area contributed by atoms with Crippen molar-refractivity contribution in [2.45, 2.75) is 31.1 Å². The van der Waals surface area contributed by atoms with Crippen molar-refractivity contribution in [1.82, 2.24) is 20.3 Å². The second-order valence-corrected chi connectivity index (χ2v) is 9.27. The first-order valence-electron chi connectivity index (χ1n) is 10.6. The molecule has 1 aromatic carbocycles. The zero-order valence-electron chi connectivity index (χ0n) is 18.6. The number of nitrogens with one attached hydrogen (secondary N) is 3. The highest BCUT2D eigenvalue weighted by Gasteiger charge is 2.27. The van der Waals surface area contributed by atoms with Gasteiger partial charge in [0.2, 0.25) is 5.88 Å². The molecule has 12 heteroatoms. The Morgan fingerprint density at radius 2 is 2.00 bits per heavy atom. The van der Waals surface area contributed by atoms with Crippen LogP contribution in [0.3, 0.4) is 0 Å². The van der Waals surface area contributed by atoms with E-state index in [2.05, 4.69) is 30.3 Å². The summed E-state index contributed by atoms with van der Waals surface area (Å²) >= 11 is 2.99. The fourth-order valence-electron chi connectivity index (χ4n) is 2.88. The Morgan fingerprint density at radius 1 is 1.21 bits per heavy atom. The van der Waals surface area contributed by atoms with Crippen LogP contribution >= 0.6 is 23.3 Å². The first kappa shape index (κ1) is 23.8. The number of carbonyl (C=O) groups excluding carboxylic acids is 2. The number of hydrogen-bond acceptors (Lipinski definition) is 10. The monoisotopic (exact) mass is 500 g/mol. The van der Waals surface area contributed by atoms with Crippen LogP contribution in [0.5, 0.6) is 5.88 Å². The molecule has 0 saturated heterocycles. The topological polar surface area (TPSA) is 127 Å². The summed E-state index contributed by atoms with van der Waals surface area (Å²) in [5.41, 5.74) is 2.45. The molecule has 0 aliphatic heterocycles. The smallest absolute Gasteiger partial charge is 0.407 e. The summed E-state index contributed by atoms with van der Waals surface area (Å²) in [5, 5.41) is 8.39.